The Morgan fingerprint density at radius 3 is 2.71 bits per heavy atom. The Morgan fingerprint density at radius 1 is 1.42 bits per heavy atom. The second-order valence-electron chi connectivity index (χ2n) is 5.31. The van der Waals surface area contributed by atoms with Crippen LogP contribution >= 0.6 is 0 Å². The summed E-state index contributed by atoms with van der Waals surface area (Å²) in [7, 11) is 0. The molecule has 1 aromatic carbocycles. The van der Waals surface area contributed by atoms with Crippen LogP contribution in [0.15, 0.2) is 17.2 Å². The van der Waals surface area contributed by atoms with Crippen LogP contribution in [-0.4, -0.2) is 46.3 Å². The lowest BCUT2D eigenvalue weighted by Gasteiger charge is -2.33. The third kappa shape index (κ3) is 4.40. The van der Waals surface area contributed by atoms with Crippen LogP contribution < -0.4 is 5.43 Å². The third-order valence-electron chi connectivity index (χ3n) is 3.30. The zero-order valence-corrected chi connectivity index (χ0v) is 12.9. The number of nitro benzene ring substituents is 1. The summed E-state index contributed by atoms with van der Waals surface area (Å²) >= 11 is 0. The highest BCUT2D eigenvalue weighted by molar-refractivity contribution is 5.86. The number of phenolic OH excluding ortho intramolecular Hbond substituents is 2. The van der Waals surface area contributed by atoms with Gasteiger partial charge in [0, 0.05) is 17.7 Å². The van der Waals surface area contributed by atoms with Gasteiger partial charge in [0.15, 0.2) is 11.5 Å². The topological polar surface area (TPSA) is 144 Å². The fourth-order valence-corrected chi connectivity index (χ4v) is 2.12. The van der Waals surface area contributed by atoms with Crippen LogP contribution in [0.1, 0.15) is 25.3 Å². The third-order valence-corrected chi connectivity index (χ3v) is 3.30. The van der Waals surface area contributed by atoms with E-state index in [9.17, 15) is 25.1 Å². The van der Waals surface area contributed by atoms with E-state index in [4.69, 9.17) is 9.47 Å². The summed E-state index contributed by atoms with van der Waals surface area (Å²) in [6.07, 6.45) is 1.71. The van der Waals surface area contributed by atoms with Crippen LogP contribution in [0.25, 0.3) is 0 Å². The van der Waals surface area contributed by atoms with Crippen LogP contribution in [0.4, 0.5) is 5.69 Å². The molecule has 0 atom stereocenters. The van der Waals surface area contributed by atoms with Gasteiger partial charge in [-0.1, -0.05) is 0 Å². The summed E-state index contributed by atoms with van der Waals surface area (Å²) in [6.45, 7) is 2.64. The second-order valence-corrected chi connectivity index (χ2v) is 5.31. The Hall–Kier alpha value is -2.72. The Balaban J connectivity index is 1.99. The summed E-state index contributed by atoms with van der Waals surface area (Å²) in [4.78, 5) is 21.8. The quantitative estimate of drug-likeness (QED) is 0.412. The Bertz CT molecular complexity index is 669. The van der Waals surface area contributed by atoms with Crippen LogP contribution in [-0.2, 0) is 14.3 Å². The van der Waals surface area contributed by atoms with Crippen molar-refractivity contribution in [3.63, 3.8) is 0 Å². The van der Waals surface area contributed by atoms with E-state index in [1.54, 1.807) is 6.92 Å². The molecule has 1 aromatic rings. The summed E-state index contributed by atoms with van der Waals surface area (Å²) < 4.78 is 10.8. The molecule has 3 N–H and O–H groups in total. The van der Waals surface area contributed by atoms with E-state index in [0.717, 1.165) is 24.8 Å². The fraction of sp³-hybridized carbons (Fsp3) is 0.429. The number of amides is 1. The predicted octanol–water partition coefficient (Wildman–Crippen LogP) is 0.999. The number of hydrogen-bond acceptors (Lipinski definition) is 8. The SMILES string of the molecule is CC1(CC(=O)N/N=C\c2cc([N+](=O)[O-])c(O)cc2O)OCCCO1. The Morgan fingerprint density at radius 2 is 2.08 bits per heavy atom. The van der Waals surface area contributed by atoms with Crippen molar-refractivity contribution in [2.75, 3.05) is 13.2 Å². The molecule has 1 aliphatic heterocycles. The van der Waals surface area contributed by atoms with Crippen molar-refractivity contribution in [2.45, 2.75) is 25.6 Å². The molecule has 0 spiro atoms. The predicted molar refractivity (Wildman–Crippen MR) is 81.7 cm³/mol. The number of hydrogen-bond donors (Lipinski definition) is 3. The van der Waals surface area contributed by atoms with Gasteiger partial charge in [0.25, 0.3) is 0 Å². The molecule has 130 valence electrons. The normalized spacial score (nSPS) is 16.9. The fourth-order valence-electron chi connectivity index (χ4n) is 2.12. The van der Waals surface area contributed by atoms with Crippen LogP contribution in [0.5, 0.6) is 11.5 Å². The standard InChI is InChI=1S/C14H17N3O7/c1-14(23-3-2-4-24-14)7-13(20)16-15-8-9-5-10(17(21)22)12(19)6-11(9)18/h5-6,8,18-19H,2-4,7H2,1H3,(H,16,20)/b15-8-. The summed E-state index contributed by atoms with van der Waals surface area (Å²) in [6, 6.07) is 1.76. The summed E-state index contributed by atoms with van der Waals surface area (Å²) in [5.41, 5.74) is 1.60. The van der Waals surface area contributed by atoms with Gasteiger partial charge in [0.2, 0.25) is 5.91 Å². The first kappa shape index (κ1) is 17.6. The minimum Gasteiger partial charge on any atom is -0.507 e. The van der Waals surface area contributed by atoms with Crippen molar-refractivity contribution in [2.24, 2.45) is 5.10 Å². The number of hydrazone groups is 1. The molecule has 1 fully saturated rings. The molecule has 2 rings (SSSR count). The van der Waals surface area contributed by atoms with Gasteiger partial charge in [-0.25, -0.2) is 5.43 Å². The molecule has 24 heavy (non-hydrogen) atoms. The molecular formula is C14H17N3O7. The van der Waals surface area contributed by atoms with Gasteiger partial charge in [-0.05, 0) is 13.3 Å². The molecule has 0 saturated carbocycles. The lowest BCUT2D eigenvalue weighted by molar-refractivity contribution is -0.385. The van der Waals surface area contributed by atoms with E-state index < -0.39 is 33.8 Å². The summed E-state index contributed by atoms with van der Waals surface area (Å²) in [5, 5.41) is 33.4. The minimum atomic E-state index is -1.02. The zero-order chi connectivity index (χ0) is 17.7. The molecule has 1 amide bonds. The number of rotatable bonds is 5. The maximum atomic E-state index is 11.8. The molecule has 0 unspecified atom stereocenters. The number of phenols is 2. The van der Waals surface area contributed by atoms with E-state index in [2.05, 4.69) is 10.5 Å². The van der Waals surface area contributed by atoms with E-state index in [1.807, 2.05) is 0 Å². The number of aromatic hydroxyl groups is 2. The molecule has 1 saturated heterocycles. The van der Waals surface area contributed by atoms with Crippen LogP contribution in [0, 0.1) is 10.1 Å². The molecule has 1 heterocycles. The van der Waals surface area contributed by atoms with Gasteiger partial charge >= 0.3 is 5.69 Å². The molecule has 10 heteroatoms. The minimum absolute atomic E-state index is 0.0313. The molecule has 0 bridgehead atoms. The molecule has 0 radical (unpaired) electrons. The van der Waals surface area contributed by atoms with Crippen molar-refractivity contribution < 1.29 is 29.4 Å². The summed E-state index contributed by atoms with van der Waals surface area (Å²) in [5.74, 6) is -2.58. The smallest absolute Gasteiger partial charge is 0.311 e. The van der Waals surface area contributed by atoms with E-state index in [0.29, 0.717) is 13.2 Å². The van der Waals surface area contributed by atoms with Gasteiger partial charge in [-0.15, -0.1) is 0 Å². The second kappa shape index (κ2) is 7.23. The van der Waals surface area contributed by atoms with Crippen molar-refractivity contribution in [1.82, 2.24) is 5.43 Å². The van der Waals surface area contributed by atoms with Gasteiger partial charge in [0.05, 0.1) is 30.8 Å². The largest absolute Gasteiger partial charge is 0.507 e. The number of benzene rings is 1. The van der Waals surface area contributed by atoms with Gasteiger partial charge in [-0.3, -0.25) is 14.9 Å². The van der Waals surface area contributed by atoms with Gasteiger partial charge in [0.1, 0.15) is 5.75 Å². The van der Waals surface area contributed by atoms with Crippen LogP contribution in [0.3, 0.4) is 0 Å². The van der Waals surface area contributed by atoms with Crippen molar-refractivity contribution in [3.8, 4) is 11.5 Å². The number of nitrogens with zero attached hydrogens (tertiary/aromatic N) is 2. The molecular weight excluding hydrogens is 322 g/mol. The molecule has 0 aromatic heterocycles. The number of nitrogens with one attached hydrogen (secondary N) is 1. The van der Waals surface area contributed by atoms with E-state index in [1.165, 1.54) is 0 Å². The highest BCUT2D eigenvalue weighted by Crippen LogP contribution is 2.32. The van der Waals surface area contributed by atoms with Gasteiger partial charge in [-0.2, -0.15) is 5.10 Å². The molecule has 0 aliphatic carbocycles. The van der Waals surface area contributed by atoms with Crippen molar-refractivity contribution >= 4 is 17.8 Å². The zero-order valence-electron chi connectivity index (χ0n) is 12.9. The van der Waals surface area contributed by atoms with Crippen molar-refractivity contribution in [1.29, 1.82) is 0 Å². The average Bonchev–Trinajstić information content (AvgIpc) is 2.49. The van der Waals surface area contributed by atoms with E-state index >= 15 is 0 Å². The lowest BCUT2D eigenvalue weighted by atomic mass is 10.2. The van der Waals surface area contributed by atoms with Crippen molar-refractivity contribution in [3.05, 3.63) is 27.8 Å². The maximum absolute atomic E-state index is 11.8. The number of carbonyl (C=O) groups is 1. The highest BCUT2D eigenvalue weighted by atomic mass is 16.7. The van der Waals surface area contributed by atoms with Gasteiger partial charge < -0.3 is 19.7 Å². The molecule has 10 nitrogen and oxygen atoms in total. The maximum Gasteiger partial charge on any atom is 0.311 e. The average molecular weight is 339 g/mol. The lowest BCUT2D eigenvalue weighted by Crippen LogP contribution is -2.41. The van der Waals surface area contributed by atoms with E-state index in [-0.39, 0.29) is 12.0 Å². The Labute approximate surface area is 136 Å². The number of ether oxygens (including phenoxy) is 2. The number of carbonyl (C=O) groups excluding carboxylic acids is 1. The monoisotopic (exact) mass is 339 g/mol. The molecule has 1 aliphatic rings. The first-order valence-electron chi connectivity index (χ1n) is 7.11. The highest BCUT2D eigenvalue weighted by Gasteiger charge is 2.31. The number of nitro groups is 1. The first-order chi connectivity index (χ1) is 11.3. The van der Waals surface area contributed by atoms with Crippen LogP contribution in [0.2, 0.25) is 0 Å². The first-order valence-corrected chi connectivity index (χ1v) is 7.11. The Kier molecular flexibility index (Phi) is 5.31.